The van der Waals surface area contributed by atoms with Gasteiger partial charge in [0.25, 0.3) is 0 Å². The van der Waals surface area contributed by atoms with E-state index in [0.717, 1.165) is 17.8 Å². The van der Waals surface area contributed by atoms with Gasteiger partial charge in [-0.25, -0.2) is 9.78 Å². The molecule has 3 heterocycles. The maximum atomic E-state index is 12.6. The zero-order valence-corrected chi connectivity index (χ0v) is 15.7. The molecule has 0 spiro atoms. The lowest BCUT2D eigenvalue weighted by molar-refractivity contribution is -0.0510. The molecule has 0 aromatic carbocycles. The molecule has 2 aliphatic rings. The van der Waals surface area contributed by atoms with Gasteiger partial charge in [0.2, 0.25) is 0 Å². The fourth-order valence-corrected chi connectivity index (χ4v) is 3.25. The van der Waals surface area contributed by atoms with Gasteiger partial charge < -0.3 is 14.4 Å². The van der Waals surface area contributed by atoms with Gasteiger partial charge in [-0.1, -0.05) is 6.08 Å². The van der Waals surface area contributed by atoms with Crippen molar-refractivity contribution in [1.29, 1.82) is 0 Å². The van der Waals surface area contributed by atoms with Crippen LogP contribution in [0.1, 0.15) is 32.8 Å². The Balaban J connectivity index is 1.82. The SMILES string of the molecule is CN(C)c1ccc(C2=CC3COCC(C2)N3C(=O)OC(C)(C)C)cn1. The molecule has 1 aromatic heterocycles. The third-order valence-electron chi connectivity index (χ3n) is 4.38. The van der Waals surface area contributed by atoms with Crippen LogP contribution >= 0.6 is 0 Å². The fraction of sp³-hybridized carbons (Fsp3) is 0.579. The average molecular weight is 345 g/mol. The first kappa shape index (κ1) is 17.7. The molecular weight excluding hydrogens is 318 g/mol. The minimum atomic E-state index is -0.498. The highest BCUT2D eigenvalue weighted by molar-refractivity contribution is 5.74. The van der Waals surface area contributed by atoms with Crippen LogP contribution in [0.25, 0.3) is 5.57 Å². The summed E-state index contributed by atoms with van der Waals surface area (Å²) in [7, 11) is 3.95. The summed E-state index contributed by atoms with van der Waals surface area (Å²) in [5.41, 5.74) is 1.82. The normalized spacial score (nSPS) is 23.1. The van der Waals surface area contributed by atoms with Crippen LogP contribution in [-0.2, 0) is 9.47 Å². The fourth-order valence-electron chi connectivity index (χ4n) is 3.25. The molecule has 3 rings (SSSR count). The van der Waals surface area contributed by atoms with E-state index in [1.807, 2.05) is 56.9 Å². The molecule has 2 aliphatic heterocycles. The number of aromatic nitrogens is 1. The van der Waals surface area contributed by atoms with E-state index in [4.69, 9.17) is 9.47 Å². The Morgan fingerprint density at radius 3 is 2.64 bits per heavy atom. The standard InChI is InChI=1S/C19H27N3O3/c1-19(2,3)25-18(23)22-15-8-14(9-16(22)12-24-11-15)13-6-7-17(20-10-13)21(4)5/h6-8,10,15-16H,9,11-12H2,1-5H3. The van der Waals surface area contributed by atoms with Crippen molar-refractivity contribution in [3.8, 4) is 0 Å². The van der Waals surface area contributed by atoms with Crippen molar-refractivity contribution in [3.05, 3.63) is 30.0 Å². The Morgan fingerprint density at radius 1 is 1.32 bits per heavy atom. The Labute approximate surface area is 149 Å². The highest BCUT2D eigenvalue weighted by atomic mass is 16.6. The molecule has 2 atom stereocenters. The quantitative estimate of drug-likeness (QED) is 0.825. The molecule has 6 heteroatoms. The minimum Gasteiger partial charge on any atom is -0.444 e. The van der Waals surface area contributed by atoms with E-state index < -0.39 is 5.60 Å². The zero-order valence-electron chi connectivity index (χ0n) is 15.7. The van der Waals surface area contributed by atoms with E-state index in [1.54, 1.807) is 0 Å². The van der Waals surface area contributed by atoms with E-state index in [2.05, 4.69) is 17.1 Å². The van der Waals surface area contributed by atoms with Crippen LogP contribution in [0.3, 0.4) is 0 Å². The van der Waals surface area contributed by atoms with Gasteiger partial charge >= 0.3 is 6.09 Å². The van der Waals surface area contributed by atoms with Crippen molar-refractivity contribution < 1.29 is 14.3 Å². The van der Waals surface area contributed by atoms with E-state index in [1.165, 1.54) is 5.57 Å². The van der Waals surface area contributed by atoms with E-state index in [0.29, 0.717) is 13.2 Å². The van der Waals surface area contributed by atoms with Crippen LogP contribution in [0.15, 0.2) is 24.4 Å². The molecule has 6 nitrogen and oxygen atoms in total. The molecule has 1 fully saturated rings. The zero-order chi connectivity index (χ0) is 18.2. The second kappa shape index (κ2) is 6.67. The van der Waals surface area contributed by atoms with Crippen molar-refractivity contribution in [1.82, 2.24) is 9.88 Å². The second-order valence-corrected chi connectivity index (χ2v) is 7.84. The first-order valence-electron chi connectivity index (χ1n) is 8.68. The molecule has 0 N–H and O–H groups in total. The average Bonchev–Trinajstić information content (AvgIpc) is 2.52. The highest BCUT2D eigenvalue weighted by Crippen LogP contribution is 2.33. The summed E-state index contributed by atoms with van der Waals surface area (Å²) in [6, 6.07) is 4.02. The van der Waals surface area contributed by atoms with Crippen molar-refractivity contribution in [2.45, 2.75) is 44.9 Å². The highest BCUT2D eigenvalue weighted by Gasteiger charge is 2.40. The monoisotopic (exact) mass is 345 g/mol. The molecule has 25 heavy (non-hydrogen) atoms. The summed E-state index contributed by atoms with van der Waals surface area (Å²) in [5.74, 6) is 0.930. The van der Waals surface area contributed by atoms with Gasteiger partial charge in [-0.2, -0.15) is 0 Å². The number of amides is 1. The molecule has 2 bridgehead atoms. The molecule has 136 valence electrons. The Morgan fingerprint density at radius 2 is 2.08 bits per heavy atom. The van der Waals surface area contributed by atoms with E-state index >= 15 is 0 Å². The Kier molecular flexibility index (Phi) is 4.73. The number of anilines is 1. The summed E-state index contributed by atoms with van der Waals surface area (Å²) in [5, 5.41) is 0. The number of pyridine rings is 1. The van der Waals surface area contributed by atoms with Gasteiger partial charge in [-0.15, -0.1) is 0 Å². The van der Waals surface area contributed by atoms with Gasteiger partial charge in [-0.3, -0.25) is 4.90 Å². The van der Waals surface area contributed by atoms with Gasteiger partial charge in [-0.05, 0) is 50.5 Å². The predicted molar refractivity (Wildman–Crippen MR) is 97.6 cm³/mol. The summed E-state index contributed by atoms with van der Waals surface area (Å²) >= 11 is 0. The molecule has 1 amide bonds. The smallest absolute Gasteiger partial charge is 0.411 e. The first-order chi connectivity index (χ1) is 11.7. The number of rotatable bonds is 2. The number of morpholine rings is 1. The third-order valence-corrected chi connectivity index (χ3v) is 4.38. The Hall–Kier alpha value is -2.08. The molecule has 0 aliphatic carbocycles. The van der Waals surface area contributed by atoms with Crippen LogP contribution in [0, 0.1) is 0 Å². The summed E-state index contributed by atoms with van der Waals surface area (Å²) in [4.78, 5) is 20.9. The number of hydrogen-bond acceptors (Lipinski definition) is 5. The maximum absolute atomic E-state index is 12.6. The van der Waals surface area contributed by atoms with Crippen molar-refractivity contribution in [2.24, 2.45) is 0 Å². The van der Waals surface area contributed by atoms with Crippen LogP contribution in [0.2, 0.25) is 0 Å². The van der Waals surface area contributed by atoms with E-state index in [-0.39, 0.29) is 18.2 Å². The van der Waals surface area contributed by atoms with Crippen LogP contribution in [-0.4, -0.2) is 61.0 Å². The number of hydrogen-bond donors (Lipinski definition) is 0. The lowest BCUT2D eigenvalue weighted by Crippen LogP contribution is -2.57. The van der Waals surface area contributed by atoms with Crippen molar-refractivity contribution in [2.75, 3.05) is 32.2 Å². The lowest BCUT2D eigenvalue weighted by Gasteiger charge is -2.44. The molecule has 1 saturated heterocycles. The maximum Gasteiger partial charge on any atom is 0.411 e. The van der Waals surface area contributed by atoms with Crippen LogP contribution in [0.5, 0.6) is 0 Å². The van der Waals surface area contributed by atoms with Crippen molar-refractivity contribution >= 4 is 17.5 Å². The van der Waals surface area contributed by atoms with Gasteiger partial charge in [0, 0.05) is 20.3 Å². The first-order valence-corrected chi connectivity index (χ1v) is 8.68. The van der Waals surface area contributed by atoms with Crippen molar-refractivity contribution in [3.63, 3.8) is 0 Å². The molecule has 0 saturated carbocycles. The van der Waals surface area contributed by atoms with Gasteiger partial charge in [0.1, 0.15) is 11.4 Å². The molecule has 2 unspecified atom stereocenters. The molecule has 0 radical (unpaired) electrons. The van der Waals surface area contributed by atoms with Crippen LogP contribution in [0.4, 0.5) is 10.6 Å². The van der Waals surface area contributed by atoms with Gasteiger partial charge in [0.15, 0.2) is 0 Å². The predicted octanol–water partition coefficient (Wildman–Crippen LogP) is 2.94. The van der Waals surface area contributed by atoms with E-state index in [9.17, 15) is 4.79 Å². The molecule has 1 aromatic rings. The summed E-state index contributed by atoms with van der Waals surface area (Å²) in [6.07, 6.45) is 4.51. The molecular formula is C19H27N3O3. The summed E-state index contributed by atoms with van der Waals surface area (Å²) in [6.45, 7) is 6.71. The number of fused-ring (bicyclic) bond motifs is 2. The number of carbonyl (C=O) groups excluding carboxylic acids is 1. The van der Waals surface area contributed by atoms with Gasteiger partial charge in [0.05, 0.1) is 25.3 Å². The second-order valence-electron chi connectivity index (χ2n) is 7.84. The third kappa shape index (κ3) is 3.95. The Bertz CT molecular complexity index is 661. The van der Waals surface area contributed by atoms with Crippen LogP contribution < -0.4 is 4.90 Å². The largest absolute Gasteiger partial charge is 0.444 e. The number of carbonyl (C=O) groups is 1. The topological polar surface area (TPSA) is 54.9 Å². The minimum absolute atomic E-state index is 0.00197. The number of nitrogens with zero attached hydrogens (tertiary/aromatic N) is 3. The summed E-state index contributed by atoms with van der Waals surface area (Å²) < 4.78 is 11.2. The lowest BCUT2D eigenvalue weighted by atomic mass is 9.91. The number of ether oxygens (including phenoxy) is 2.